The van der Waals surface area contributed by atoms with E-state index in [1.807, 2.05) is 20.1 Å². The molecular formula is C14H16N2O4S. The van der Waals surface area contributed by atoms with Gasteiger partial charge in [-0.1, -0.05) is 6.07 Å². The summed E-state index contributed by atoms with van der Waals surface area (Å²) in [7, 11) is 0. The Hall–Kier alpha value is -2.02. The molecule has 6 nitrogen and oxygen atoms in total. The average molecular weight is 308 g/mol. The van der Waals surface area contributed by atoms with Gasteiger partial charge in [-0.15, -0.1) is 0 Å². The Morgan fingerprint density at radius 2 is 2.05 bits per heavy atom. The highest BCUT2D eigenvalue weighted by Gasteiger charge is 2.21. The molecule has 1 aromatic carbocycles. The van der Waals surface area contributed by atoms with E-state index in [1.165, 1.54) is 10.6 Å². The topological polar surface area (TPSA) is 92.2 Å². The van der Waals surface area contributed by atoms with E-state index in [0.717, 1.165) is 0 Å². The third-order valence-corrected chi connectivity index (χ3v) is 4.57. The Morgan fingerprint density at radius 1 is 1.38 bits per heavy atom. The van der Waals surface area contributed by atoms with Gasteiger partial charge < -0.3 is 14.7 Å². The molecule has 2 aromatic rings. The molecule has 0 spiro atoms. The largest absolute Gasteiger partial charge is 0.478 e. The van der Waals surface area contributed by atoms with E-state index in [9.17, 15) is 19.5 Å². The van der Waals surface area contributed by atoms with Crippen LogP contribution in [0.5, 0.6) is 0 Å². The molecule has 2 N–H and O–H groups in total. The molecule has 0 aliphatic carbocycles. The lowest BCUT2D eigenvalue weighted by molar-refractivity contribution is 0.0699. The molecule has 0 amide bonds. The molecule has 2 rings (SSSR count). The van der Waals surface area contributed by atoms with Crippen molar-refractivity contribution >= 4 is 28.8 Å². The zero-order chi connectivity index (χ0) is 15.8. The van der Waals surface area contributed by atoms with Crippen molar-refractivity contribution in [1.29, 1.82) is 0 Å². The number of aromatic carboxylic acids is 1. The molecule has 7 heteroatoms. The second-order valence-electron chi connectivity index (χ2n) is 5.31. The highest BCUT2D eigenvalue weighted by Crippen LogP contribution is 2.24. The van der Waals surface area contributed by atoms with Gasteiger partial charge in [0.2, 0.25) is 0 Å². The third-order valence-electron chi connectivity index (χ3n) is 3.33. The van der Waals surface area contributed by atoms with Crippen LogP contribution in [0.3, 0.4) is 0 Å². The van der Waals surface area contributed by atoms with Crippen LogP contribution >= 0.6 is 11.8 Å². The molecule has 0 bridgehead atoms. The first-order valence-electron chi connectivity index (χ1n) is 6.31. The molecule has 1 heterocycles. The summed E-state index contributed by atoms with van der Waals surface area (Å²) in [6.07, 6.45) is 1.92. The van der Waals surface area contributed by atoms with Crippen LogP contribution in [-0.2, 0) is 6.54 Å². The van der Waals surface area contributed by atoms with Crippen molar-refractivity contribution < 1.29 is 9.90 Å². The molecule has 0 aliphatic heterocycles. The maximum absolute atomic E-state index is 12.1. The predicted octanol–water partition coefficient (Wildman–Crippen LogP) is 1.53. The smallest absolute Gasteiger partial charge is 0.337 e. The Labute approximate surface area is 124 Å². The number of aromatic amines is 1. The van der Waals surface area contributed by atoms with Gasteiger partial charge in [-0.25, -0.2) is 4.79 Å². The predicted molar refractivity (Wildman–Crippen MR) is 83.4 cm³/mol. The first-order chi connectivity index (χ1) is 9.76. The fourth-order valence-corrected chi connectivity index (χ4v) is 2.33. The minimum Gasteiger partial charge on any atom is -0.478 e. The molecule has 0 aliphatic rings. The Bertz CT molecular complexity index is 820. The molecule has 0 atom stereocenters. The summed E-state index contributed by atoms with van der Waals surface area (Å²) in [4.78, 5) is 37.6. The van der Waals surface area contributed by atoms with E-state index in [0.29, 0.717) is 12.1 Å². The molecule has 1 aromatic heterocycles. The van der Waals surface area contributed by atoms with Gasteiger partial charge in [0.15, 0.2) is 0 Å². The van der Waals surface area contributed by atoms with E-state index in [-0.39, 0.29) is 15.8 Å². The van der Waals surface area contributed by atoms with E-state index in [4.69, 9.17) is 0 Å². The molecule has 0 unspecified atom stereocenters. The summed E-state index contributed by atoms with van der Waals surface area (Å²) in [6, 6.07) is 4.59. The van der Waals surface area contributed by atoms with Crippen LogP contribution in [0.25, 0.3) is 11.0 Å². The highest BCUT2D eigenvalue weighted by molar-refractivity contribution is 7.99. The summed E-state index contributed by atoms with van der Waals surface area (Å²) >= 11 is 1.57. The number of carboxylic acid groups (broad SMARTS) is 1. The fourth-order valence-electron chi connectivity index (χ4n) is 2.08. The lowest BCUT2D eigenvalue weighted by Gasteiger charge is -2.24. The average Bonchev–Trinajstić information content (AvgIpc) is 2.43. The zero-order valence-electron chi connectivity index (χ0n) is 12.0. The number of fused-ring (bicyclic) bond motifs is 1. The first kappa shape index (κ1) is 15.4. The first-order valence-corrected chi connectivity index (χ1v) is 7.53. The zero-order valence-corrected chi connectivity index (χ0v) is 12.8. The van der Waals surface area contributed by atoms with E-state index in [2.05, 4.69) is 4.98 Å². The Balaban J connectivity index is 2.84. The molecule has 0 saturated carbocycles. The Morgan fingerprint density at radius 3 is 2.62 bits per heavy atom. The summed E-state index contributed by atoms with van der Waals surface area (Å²) in [6.45, 7) is 4.23. The second-order valence-corrected chi connectivity index (χ2v) is 6.83. The Kier molecular flexibility index (Phi) is 3.95. The molecule has 21 heavy (non-hydrogen) atoms. The number of hydrogen-bond donors (Lipinski definition) is 2. The van der Waals surface area contributed by atoms with E-state index < -0.39 is 17.1 Å². The number of para-hydroxylation sites is 1. The molecule has 0 saturated heterocycles. The quantitative estimate of drug-likeness (QED) is 0.836. The van der Waals surface area contributed by atoms with Crippen molar-refractivity contribution in [3.63, 3.8) is 0 Å². The van der Waals surface area contributed by atoms with Crippen LogP contribution in [0, 0.1) is 0 Å². The van der Waals surface area contributed by atoms with Crippen LogP contribution < -0.4 is 11.1 Å². The number of carbonyl (C=O) groups is 1. The van der Waals surface area contributed by atoms with Crippen molar-refractivity contribution in [3.05, 3.63) is 44.5 Å². The van der Waals surface area contributed by atoms with Gasteiger partial charge in [0.05, 0.1) is 16.6 Å². The van der Waals surface area contributed by atoms with Gasteiger partial charge in [-0.3, -0.25) is 9.59 Å². The third kappa shape index (κ3) is 2.87. The van der Waals surface area contributed by atoms with Crippen LogP contribution in [-0.4, -0.2) is 31.6 Å². The van der Waals surface area contributed by atoms with Crippen LogP contribution in [0.2, 0.25) is 0 Å². The maximum atomic E-state index is 12.1. The van der Waals surface area contributed by atoms with Gasteiger partial charge in [-0.05, 0) is 32.2 Å². The van der Waals surface area contributed by atoms with Gasteiger partial charge in [0.25, 0.3) is 0 Å². The number of thioether (sulfide) groups is 1. The SMILES string of the molecule is CSC(C)(C)Cn1c(=O)c(=O)[nH]c2c(C(=O)O)cccc21. The minimum absolute atomic E-state index is 0.0275. The van der Waals surface area contributed by atoms with Crippen LogP contribution in [0.1, 0.15) is 24.2 Å². The second kappa shape index (κ2) is 5.40. The van der Waals surface area contributed by atoms with Crippen molar-refractivity contribution in [2.75, 3.05) is 6.26 Å². The van der Waals surface area contributed by atoms with Gasteiger partial charge >= 0.3 is 17.1 Å². The number of benzene rings is 1. The van der Waals surface area contributed by atoms with Gasteiger partial charge in [0, 0.05) is 11.3 Å². The van der Waals surface area contributed by atoms with Crippen LogP contribution in [0.15, 0.2) is 27.8 Å². The summed E-state index contributed by atoms with van der Waals surface area (Å²) in [5.74, 6) is -1.15. The number of rotatable bonds is 4. The lowest BCUT2D eigenvalue weighted by Crippen LogP contribution is -2.40. The number of nitrogens with one attached hydrogen (secondary N) is 1. The molecule has 0 fully saturated rings. The number of hydrogen-bond acceptors (Lipinski definition) is 4. The number of H-pyrrole nitrogens is 1. The molecule has 112 valence electrons. The molecular weight excluding hydrogens is 292 g/mol. The minimum atomic E-state index is -1.15. The van der Waals surface area contributed by atoms with Crippen molar-refractivity contribution in [3.8, 4) is 0 Å². The fraction of sp³-hybridized carbons (Fsp3) is 0.357. The lowest BCUT2D eigenvalue weighted by atomic mass is 10.1. The standard InChI is InChI=1S/C14H16N2O4S/c1-14(2,21-3)7-16-9-6-4-5-8(13(19)20)10(9)15-11(17)12(16)18/h4-6H,7H2,1-3H3,(H,15,17)(H,19,20). The highest BCUT2D eigenvalue weighted by atomic mass is 32.2. The van der Waals surface area contributed by atoms with E-state index >= 15 is 0 Å². The normalized spacial score (nSPS) is 11.8. The van der Waals surface area contributed by atoms with Crippen molar-refractivity contribution in [1.82, 2.24) is 9.55 Å². The van der Waals surface area contributed by atoms with Gasteiger partial charge in [0.1, 0.15) is 0 Å². The number of carboxylic acids is 1. The van der Waals surface area contributed by atoms with Gasteiger partial charge in [-0.2, -0.15) is 11.8 Å². The monoisotopic (exact) mass is 308 g/mol. The van der Waals surface area contributed by atoms with Crippen molar-refractivity contribution in [2.24, 2.45) is 0 Å². The number of aromatic nitrogens is 2. The molecule has 0 radical (unpaired) electrons. The summed E-state index contributed by atoms with van der Waals surface area (Å²) in [5.41, 5.74) is -0.922. The summed E-state index contributed by atoms with van der Waals surface area (Å²) in [5, 5.41) is 9.20. The van der Waals surface area contributed by atoms with E-state index in [1.54, 1.807) is 23.9 Å². The maximum Gasteiger partial charge on any atom is 0.337 e. The van der Waals surface area contributed by atoms with Crippen molar-refractivity contribution in [2.45, 2.75) is 25.1 Å². The van der Waals surface area contributed by atoms with Crippen LogP contribution in [0.4, 0.5) is 0 Å². The summed E-state index contributed by atoms with van der Waals surface area (Å²) < 4.78 is 1.08. The number of nitrogens with zero attached hydrogens (tertiary/aromatic N) is 1.